The molecule has 150 valence electrons. The van der Waals surface area contributed by atoms with Gasteiger partial charge in [0, 0.05) is 17.1 Å². The van der Waals surface area contributed by atoms with E-state index in [4.69, 9.17) is 11.6 Å². The van der Waals surface area contributed by atoms with Gasteiger partial charge in [0.05, 0.1) is 6.04 Å². The summed E-state index contributed by atoms with van der Waals surface area (Å²) in [5, 5.41) is 12.5. The van der Waals surface area contributed by atoms with Crippen LogP contribution in [0.2, 0.25) is 5.02 Å². The summed E-state index contributed by atoms with van der Waals surface area (Å²) >= 11 is 7.64. The number of rotatable bonds is 5. The fraction of sp³-hybridized carbons (Fsp3) is 0.286. The van der Waals surface area contributed by atoms with Gasteiger partial charge in [0.25, 0.3) is 0 Å². The summed E-state index contributed by atoms with van der Waals surface area (Å²) < 4.78 is 1.92. The standard InChI is InChI=1S/C21H22ClN5OS/c1-3-8-17-24-25-21-27(17)26-18(14-9-5-4-6-10-14)19(29-21)20(28)23-16-12-7-11-15(22)13(16)2/h4-7,9-12,18-19,26H,3,8H2,1-2H3,(H,23,28)/t18-,19-/m0/s1. The van der Waals surface area contributed by atoms with E-state index in [2.05, 4.69) is 27.9 Å². The first-order chi connectivity index (χ1) is 14.1. The van der Waals surface area contributed by atoms with Gasteiger partial charge >= 0.3 is 0 Å². The molecule has 0 saturated carbocycles. The molecule has 0 radical (unpaired) electrons. The minimum atomic E-state index is -0.415. The molecule has 3 aromatic rings. The zero-order valence-electron chi connectivity index (χ0n) is 16.2. The average Bonchev–Trinajstić information content (AvgIpc) is 3.13. The summed E-state index contributed by atoms with van der Waals surface area (Å²) in [6, 6.07) is 15.3. The molecular formula is C21H22ClN5OS. The molecule has 0 spiro atoms. The number of hydrogen-bond acceptors (Lipinski definition) is 5. The molecule has 4 rings (SSSR count). The number of thioether (sulfide) groups is 1. The second-order valence-electron chi connectivity index (χ2n) is 6.94. The summed E-state index contributed by atoms with van der Waals surface area (Å²) in [5.74, 6) is 0.772. The van der Waals surface area contributed by atoms with E-state index in [9.17, 15) is 4.79 Å². The third kappa shape index (κ3) is 3.97. The van der Waals surface area contributed by atoms with Crippen molar-refractivity contribution in [3.8, 4) is 0 Å². The molecule has 2 N–H and O–H groups in total. The lowest BCUT2D eigenvalue weighted by Crippen LogP contribution is -2.41. The fourth-order valence-electron chi connectivity index (χ4n) is 3.34. The summed E-state index contributed by atoms with van der Waals surface area (Å²) in [6.07, 6.45) is 1.79. The molecular weight excluding hydrogens is 406 g/mol. The first-order valence-electron chi connectivity index (χ1n) is 9.57. The van der Waals surface area contributed by atoms with E-state index in [1.807, 2.05) is 60.1 Å². The maximum absolute atomic E-state index is 13.3. The smallest absolute Gasteiger partial charge is 0.240 e. The van der Waals surface area contributed by atoms with Crippen molar-refractivity contribution in [2.24, 2.45) is 0 Å². The molecule has 0 unspecified atom stereocenters. The molecule has 1 aliphatic rings. The Hall–Kier alpha value is -2.51. The lowest BCUT2D eigenvalue weighted by Gasteiger charge is -2.33. The van der Waals surface area contributed by atoms with Crippen molar-refractivity contribution in [1.29, 1.82) is 0 Å². The molecule has 0 fully saturated rings. The van der Waals surface area contributed by atoms with E-state index >= 15 is 0 Å². The van der Waals surface area contributed by atoms with Crippen molar-refractivity contribution in [3.63, 3.8) is 0 Å². The highest BCUT2D eigenvalue weighted by Crippen LogP contribution is 2.38. The summed E-state index contributed by atoms with van der Waals surface area (Å²) in [5.41, 5.74) is 6.07. The number of benzene rings is 2. The van der Waals surface area contributed by atoms with Crippen LogP contribution in [0.3, 0.4) is 0 Å². The Labute approximate surface area is 179 Å². The van der Waals surface area contributed by atoms with Crippen LogP contribution in [0, 0.1) is 6.92 Å². The molecule has 8 heteroatoms. The topological polar surface area (TPSA) is 71.8 Å². The molecule has 0 bridgehead atoms. The number of carbonyl (C=O) groups excluding carboxylic acids is 1. The summed E-state index contributed by atoms with van der Waals surface area (Å²) in [7, 11) is 0. The maximum Gasteiger partial charge on any atom is 0.240 e. The van der Waals surface area contributed by atoms with Crippen molar-refractivity contribution in [3.05, 3.63) is 70.5 Å². The van der Waals surface area contributed by atoms with Gasteiger partial charge in [-0.1, -0.05) is 66.7 Å². The Bertz CT molecular complexity index is 1020. The van der Waals surface area contributed by atoms with E-state index in [1.54, 1.807) is 0 Å². The van der Waals surface area contributed by atoms with Crippen LogP contribution in [0.15, 0.2) is 53.7 Å². The van der Waals surface area contributed by atoms with Crippen LogP contribution < -0.4 is 10.7 Å². The molecule has 2 heterocycles. The Morgan fingerprint density at radius 2 is 2.00 bits per heavy atom. The SMILES string of the molecule is CCCc1nnc2n1N[C@@H](c1ccccc1)[C@@H](C(=O)Nc1cccc(Cl)c1C)S2. The monoisotopic (exact) mass is 427 g/mol. The Balaban J connectivity index is 1.67. The average molecular weight is 428 g/mol. The number of carbonyl (C=O) groups is 1. The Morgan fingerprint density at radius 3 is 2.76 bits per heavy atom. The number of nitrogens with one attached hydrogen (secondary N) is 2. The molecule has 0 aliphatic carbocycles. The van der Waals surface area contributed by atoms with Crippen LogP contribution in [-0.2, 0) is 11.2 Å². The lowest BCUT2D eigenvalue weighted by molar-refractivity contribution is -0.116. The zero-order valence-corrected chi connectivity index (χ0v) is 17.8. The second-order valence-corrected chi connectivity index (χ2v) is 8.46. The second kappa shape index (κ2) is 8.47. The molecule has 2 aromatic carbocycles. The third-order valence-electron chi connectivity index (χ3n) is 4.92. The predicted octanol–water partition coefficient (Wildman–Crippen LogP) is 4.59. The molecule has 0 saturated heterocycles. The van der Waals surface area contributed by atoms with Gasteiger partial charge in [0.15, 0.2) is 5.82 Å². The number of amides is 1. The fourth-order valence-corrected chi connectivity index (χ4v) is 4.61. The van der Waals surface area contributed by atoms with Crippen molar-refractivity contribution in [2.45, 2.75) is 43.1 Å². The molecule has 6 nitrogen and oxygen atoms in total. The van der Waals surface area contributed by atoms with Crippen molar-refractivity contribution < 1.29 is 4.79 Å². The summed E-state index contributed by atoms with van der Waals surface area (Å²) in [4.78, 5) is 13.3. The minimum Gasteiger partial charge on any atom is -0.325 e. The number of aryl methyl sites for hydroxylation is 1. The van der Waals surface area contributed by atoms with Gasteiger partial charge < -0.3 is 10.7 Å². The quantitative estimate of drug-likeness (QED) is 0.623. The number of aromatic nitrogens is 3. The molecule has 1 amide bonds. The van der Waals surface area contributed by atoms with E-state index in [0.29, 0.717) is 15.9 Å². The van der Waals surface area contributed by atoms with Gasteiger partial charge in [0.1, 0.15) is 5.25 Å². The van der Waals surface area contributed by atoms with Gasteiger partial charge in [-0.15, -0.1) is 10.2 Å². The van der Waals surface area contributed by atoms with Gasteiger partial charge in [-0.05, 0) is 36.6 Å². The number of anilines is 1. The first kappa shape index (κ1) is 19.8. The minimum absolute atomic E-state index is 0.104. The molecule has 29 heavy (non-hydrogen) atoms. The van der Waals surface area contributed by atoms with Crippen LogP contribution in [0.25, 0.3) is 0 Å². The Morgan fingerprint density at radius 1 is 1.21 bits per heavy atom. The van der Waals surface area contributed by atoms with Crippen LogP contribution in [0.5, 0.6) is 0 Å². The molecule has 1 aromatic heterocycles. The van der Waals surface area contributed by atoms with Crippen molar-refractivity contribution in [2.75, 3.05) is 10.7 Å². The van der Waals surface area contributed by atoms with Gasteiger partial charge in [-0.3, -0.25) is 4.79 Å². The number of nitrogens with zero attached hydrogens (tertiary/aromatic N) is 3. The van der Waals surface area contributed by atoms with E-state index in [1.165, 1.54) is 11.8 Å². The zero-order chi connectivity index (χ0) is 20.4. The van der Waals surface area contributed by atoms with Crippen LogP contribution >= 0.6 is 23.4 Å². The summed E-state index contributed by atoms with van der Waals surface area (Å²) in [6.45, 7) is 4.00. The first-order valence-corrected chi connectivity index (χ1v) is 10.8. The van der Waals surface area contributed by atoms with Crippen LogP contribution in [0.4, 0.5) is 5.69 Å². The van der Waals surface area contributed by atoms with Crippen LogP contribution in [-0.4, -0.2) is 26.0 Å². The van der Waals surface area contributed by atoms with Gasteiger partial charge in [-0.25, -0.2) is 4.68 Å². The number of hydrogen-bond donors (Lipinski definition) is 2. The number of halogens is 1. The highest BCUT2D eigenvalue weighted by molar-refractivity contribution is 8.00. The van der Waals surface area contributed by atoms with Crippen molar-refractivity contribution >= 4 is 35.0 Å². The van der Waals surface area contributed by atoms with Gasteiger partial charge in [-0.2, -0.15) is 0 Å². The van der Waals surface area contributed by atoms with Gasteiger partial charge in [0.2, 0.25) is 11.1 Å². The third-order valence-corrected chi connectivity index (χ3v) is 6.54. The van der Waals surface area contributed by atoms with E-state index in [0.717, 1.165) is 29.8 Å². The van der Waals surface area contributed by atoms with E-state index < -0.39 is 5.25 Å². The highest BCUT2D eigenvalue weighted by atomic mass is 35.5. The largest absolute Gasteiger partial charge is 0.325 e. The Kier molecular flexibility index (Phi) is 5.78. The number of fused-ring (bicyclic) bond motifs is 1. The predicted molar refractivity (Wildman–Crippen MR) is 117 cm³/mol. The van der Waals surface area contributed by atoms with Crippen LogP contribution in [0.1, 0.15) is 36.3 Å². The lowest BCUT2D eigenvalue weighted by atomic mass is 10.0. The normalized spacial score (nSPS) is 18.0. The maximum atomic E-state index is 13.3. The molecule has 1 aliphatic heterocycles. The van der Waals surface area contributed by atoms with Crippen molar-refractivity contribution in [1.82, 2.24) is 14.9 Å². The highest BCUT2D eigenvalue weighted by Gasteiger charge is 2.37. The van der Waals surface area contributed by atoms with E-state index in [-0.39, 0.29) is 11.9 Å². The molecule has 2 atom stereocenters.